The third-order valence-electron chi connectivity index (χ3n) is 1.93. The van der Waals surface area contributed by atoms with Gasteiger partial charge in [0.25, 0.3) is 10.0 Å². The van der Waals surface area contributed by atoms with Crippen LogP contribution in [0.4, 0.5) is 14.6 Å². The van der Waals surface area contributed by atoms with Crippen molar-refractivity contribution in [2.45, 2.75) is 4.90 Å². The molecule has 0 spiro atoms. The van der Waals surface area contributed by atoms with Crippen LogP contribution in [0.25, 0.3) is 0 Å². The van der Waals surface area contributed by atoms with Crippen molar-refractivity contribution in [2.75, 3.05) is 4.72 Å². The third kappa shape index (κ3) is 2.41. The fourth-order valence-corrected chi connectivity index (χ4v) is 2.28. The van der Waals surface area contributed by atoms with Gasteiger partial charge in [-0.3, -0.25) is 9.82 Å². The number of hydrogen-bond acceptors (Lipinski definition) is 3. The number of hydrogen-bond donors (Lipinski definition) is 2. The highest BCUT2D eigenvalue weighted by Gasteiger charge is 2.19. The van der Waals surface area contributed by atoms with Gasteiger partial charge in [-0.15, -0.1) is 0 Å². The molecule has 2 aromatic rings. The Hall–Kier alpha value is -1.96. The largest absolute Gasteiger partial charge is 0.265 e. The molecule has 90 valence electrons. The number of aromatic amines is 1. The molecule has 17 heavy (non-hydrogen) atoms. The lowest BCUT2D eigenvalue weighted by Gasteiger charge is -2.06. The minimum atomic E-state index is -4.09. The Balaban J connectivity index is 2.38. The third-order valence-corrected chi connectivity index (χ3v) is 3.33. The van der Waals surface area contributed by atoms with Crippen molar-refractivity contribution in [2.24, 2.45) is 0 Å². The number of aromatic nitrogens is 2. The number of halogens is 2. The Bertz CT molecular complexity index is 626. The van der Waals surface area contributed by atoms with E-state index in [2.05, 4.69) is 14.9 Å². The minimum absolute atomic E-state index is 0.0914. The van der Waals surface area contributed by atoms with Gasteiger partial charge >= 0.3 is 0 Å². The van der Waals surface area contributed by atoms with E-state index in [4.69, 9.17) is 0 Å². The molecule has 0 aliphatic heterocycles. The maximum atomic E-state index is 13.3. The molecular weight excluding hydrogens is 252 g/mol. The van der Waals surface area contributed by atoms with Gasteiger partial charge in [0.1, 0.15) is 22.3 Å². The van der Waals surface area contributed by atoms with E-state index in [9.17, 15) is 17.2 Å². The Morgan fingerprint density at radius 2 is 2.00 bits per heavy atom. The van der Waals surface area contributed by atoms with Crippen LogP contribution in [-0.2, 0) is 10.0 Å². The van der Waals surface area contributed by atoms with Crippen LogP contribution in [0.2, 0.25) is 0 Å². The van der Waals surface area contributed by atoms with E-state index < -0.39 is 26.6 Å². The highest BCUT2D eigenvalue weighted by Crippen LogP contribution is 2.18. The number of nitrogens with zero attached hydrogens (tertiary/aromatic N) is 1. The monoisotopic (exact) mass is 259 g/mol. The van der Waals surface area contributed by atoms with Gasteiger partial charge in [0.05, 0.1) is 6.20 Å². The van der Waals surface area contributed by atoms with Crippen LogP contribution in [0.5, 0.6) is 0 Å². The van der Waals surface area contributed by atoms with E-state index >= 15 is 0 Å². The molecule has 0 fully saturated rings. The summed E-state index contributed by atoms with van der Waals surface area (Å²) in [5.74, 6) is -1.91. The van der Waals surface area contributed by atoms with Crippen molar-refractivity contribution in [3.05, 3.63) is 42.1 Å². The quantitative estimate of drug-likeness (QED) is 0.876. The molecule has 0 unspecified atom stereocenters. The molecular formula is C9H7F2N3O2S. The van der Waals surface area contributed by atoms with E-state index in [-0.39, 0.29) is 5.82 Å². The van der Waals surface area contributed by atoms with Crippen molar-refractivity contribution in [1.82, 2.24) is 10.2 Å². The first-order valence-electron chi connectivity index (χ1n) is 4.46. The summed E-state index contributed by atoms with van der Waals surface area (Å²) < 4.78 is 51.4. The van der Waals surface area contributed by atoms with E-state index in [1.165, 1.54) is 12.3 Å². The first-order chi connectivity index (χ1) is 7.99. The molecule has 0 atom stereocenters. The molecule has 0 radical (unpaired) electrons. The summed E-state index contributed by atoms with van der Waals surface area (Å²) in [5, 5.41) is 5.89. The summed E-state index contributed by atoms with van der Waals surface area (Å²) in [6, 6.07) is 3.58. The zero-order valence-electron chi connectivity index (χ0n) is 8.31. The lowest BCUT2D eigenvalue weighted by atomic mass is 10.3. The molecule has 5 nitrogen and oxygen atoms in total. The normalized spacial score (nSPS) is 11.4. The van der Waals surface area contributed by atoms with Gasteiger partial charge < -0.3 is 0 Å². The second kappa shape index (κ2) is 4.13. The molecule has 1 aromatic heterocycles. The Morgan fingerprint density at radius 1 is 1.24 bits per heavy atom. The number of sulfonamides is 1. The Kier molecular flexibility index (Phi) is 2.80. The SMILES string of the molecule is O=S(=O)(Nc1ccn[nH]1)c1ccc(F)cc1F. The molecule has 0 bridgehead atoms. The molecule has 0 aliphatic carbocycles. The van der Waals surface area contributed by atoms with Gasteiger partial charge in [0.15, 0.2) is 0 Å². The van der Waals surface area contributed by atoms with Crippen LogP contribution in [-0.4, -0.2) is 18.6 Å². The van der Waals surface area contributed by atoms with Crippen LogP contribution in [0.15, 0.2) is 35.4 Å². The van der Waals surface area contributed by atoms with Crippen LogP contribution in [0, 0.1) is 11.6 Å². The average molecular weight is 259 g/mol. The lowest BCUT2D eigenvalue weighted by molar-refractivity contribution is 0.551. The number of rotatable bonds is 3. The van der Waals surface area contributed by atoms with Crippen molar-refractivity contribution in [3.8, 4) is 0 Å². The first kappa shape index (κ1) is 11.5. The molecule has 0 saturated heterocycles. The highest BCUT2D eigenvalue weighted by atomic mass is 32.2. The second-order valence-corrected chi connectivity index (χ2v) is 4.80. The maximum absolute atomic E-state index is 13.3. The summed E-state index contributed by atoms with van der Waals surface area (Å²) in [5.41, 5.74) is 0. The lowest BCUT2D eigenvalue weighted by Crippen LogP contribution is -2.15. The predicted molar refractivity (Wildman–Crippen MR) is 55.8 cm³/mol. The summed E-state index contributed by atoms with van der Waals surface area (Å²) >= 11 is 0. The van der Waals surface area contributed by atoms with Crippen LogP contribution in [0.3, 0.4) is 0 Å². The maximum Gasteiger partial charge on any atom is 0.265 e. The fourth-order valence-electron chi connectivity index (χ4n) is 1.21. The first-order valence-corrected chi connectivity index (χ1v) is 5.94. The van der Waals surface area contributed by atoms with E-state index in [0.717, 1.165) is 12.1 Å². The molecule has 0 aliphatic rings. The van der Waals surface area contributed by atoms with Gasteiger partial charge in [0, 0.05) is 12.1 Å². The number of H-pyrrole nitrogens is 1. The van der Waals surface area contributed by atoms with Gasteiger partial charge in [-0.2, -0.15) is 5.10 Å². The van der Waals surface area contributed by atoms with Gasteiger partial charge in [0.2, 0.25) is 0 Å². The zero-order chi connectivity index (χ0) is 12.5. The molecule has 1 heterocycles. The minimum Gasteiger partial charge on any atom is -0.264 e. The second-order valence-electron chi connectivity index (χ2n) is 3.15. The molecule has 0 saturated carbocycles. The van der Waals surface area contributed by atoms with Crippen molar-refractivity contribution in [1.29, 1.82) is 0 Å². The van der Waals surface area contributed by atoms with Gasteiger partial charge in [-0.25, -0.2) is 17.2 Å². The van der Waals surface area contributed by atoms with Crippen LogP contribution < -0.4 is 4.72 Å². The standard InChI is InChI=1S/C9H7F2N3O2S/c10-6-1-2-8(7(11)5-6)17(15,16)14-9-3-4-12-13-9/h1-5H,(H2,12,13,14). The molecule has 2 N–H and O–H groups in total. The van der Waals surface area contributed by atoms with E-state index in [1.54, 1.807) is 0 Å². The molecule has 0 amide bonds. The summed E-state index contributed by atoms with van der Waals surface area (Å²) in [4.78, 5) is -0.631. The van der Waals surface area contributed by atoms with Crippen molar-refractivity contribution in [3.63, 3.8) is 0 Å². The number of benzene rings is 1. The fraction of sp³-hybridized carbons (Fsp3) is 0. The highest BCUT2D eigenvalue weighted by molar-refractivity contribution is 7.92. The predicted octanol–water partition coefficient (Wildman–Crippen LogP) is 1.49. The summed E-state index contributed by atoms with van der Waals surface area (Å²) in [7, 11) is -4.09. The topological polar surface area (TPSA) is 74.8 Å². The number of anilines is 1. The van der Waals surface area contributed by atoms with Gasteiger partial charge in [-0.05, 0) is 12.1 Å². The van der Waals surface area contributed by atoms with Crippen LogP contribution in [0.1, 0.15) is 0 Å². The zero-order valence-corrected chi connectivity index (χ0v) is 9.13. The Morgan fingerprint density at radius 3 is 2.59 bits per heavy atom. The van der Waals surface area contributed by atoms with E-state index in [0.29, 0.717) is 6.07 Å². The van der Waals surface area contributed by atoms with Gasteiger partial charge in [-0.1, -0.05) is 0 Å². The summed E-state index contributed by atoms with van der Waals surface area (Å²) in [6.07, 6.45) is 1.33. The van der Waals surface area contributed by atoms with Crippen LogP contribution >= 0.6 is 0 Å². The number of nitrogens with one attached hydrogen (secondary N) is 2. The van der Waals surface area contributed by atoms with Crippen molar-refractivity contribution < 1.29 is 17.2 Å². The average Bonchev–Trinajstić information content (AvgIpc) is 2.68. The summed E-state index contributed by atoms with van der Waals surface area (Å²) in [6.45, 7) is 0. The molecule has 8 heteroatoms. The van der Waals surface area contributed by atoms with Crippen molar-refractivity contribution >= 4 is 15.8 Å². The smallest absolute Gasteiger partial charge is 0.264 e. The molecule has 2 rings (SSSR count). The molecule has 1 aromatic carbocycles. The Labute approximate surface area is 95.5 Å². The van der Waals surface area contributed by atoms with E-state index in [1.807, 2.05) is 0 Å².